The third kappa shape index (κ3) is 4.58. The fourth-order valence-corrected chi connectivity index (χ4v) is 2.71. The largest absolute Gasteiger partial charge is 0.457 e. The third-order valence-electron chi connectivity index (χ3n) is 4.17. The van der Waals surface area contributed by atoms with Crippen molar-refractivity contribution >= 4 is 23.6 Å². The van der Waals surface area contributed by atoms with Gasteiger partial charge in [0.1, 0.15) is 0 Å². The summed E-state index contributed by atoms with van der Waals surface area (Å²) in [5, 5.41) is 1.11. The van der Waals surface area contributed by atoms with E-state index in [-0.39, 0.29) is 31.3 Å². The van der Waals surface area contributed by atoms with E-state index in [1.54, 1.807) is 60.7 Å². The number of hydrogen-bond donors (Lipinski definition) is 1. The van der Waals surface area contributed by atoms with Crippen molar-refractivity contribution in [2.45, 2.75) is 6.42 Å². The van der Waals surface area contributed by atoms with Crippen molar-refractivity contribution < 1.29 is 23.9 Å². The highest BCUT2D eigenvalue weighted by atomic mass is 16.5. The van der Waals surface area contributed by atoms with E-state index >= 15 is 0 Å². The van der Waals surface area contributed by atoms with Gasteiger partial charge in [-0.2, -0.15) is 0 Å². The molecule has 2 aromatic carbocycles. The number of ketones is 1. The number of carbonyl (C=O) groups excluding carboxylic acids is 4. The molecule has 1 aliphatic heterocycles. The highest BCUT2D eigenvalue weighted by Crippen LogP contribution is 2.18. The van der Waals surface area contributed by atoms with Gasteiger partial charge in [-0.3, -0.25) is 29.6 Å². The second-order valence-corrected chi connectivity index (χ2v) is 6.11. The van der Waals surface area contributed by atoms with Crippen LogP contribution < -0.4 is 5.43 Å². The number of ether oxygens (including phenoxy) is 1. The van der Waals surface area contributed by atoms with Crippen molar-refractivity contribution in [1.29, 1.82) is 0 Å². The van der Waals surface area contributed by atoms with E-state index in [4.69, 9.17) is 4.74 Å². The van der Waals surface area contributed by atoms with Gasteiger partial charge in [-0.15, -0.1) is 0 Å². The molecule has 1 saturated heterocycles. The molecule has 0 aliphatic carbocycles. The van der Waals surface area contributed by atoms with E-state index < -0.39 is 17.8 Å². The molecule has 1 heterocycles. The van der Waals surface area contributed by atoms with Crippen LogP contribution in [-0.2, 0) is 14.3 Å². The minimum absolute atomic E-state index is 0.00969. The van der Waals surface area contributed by atoms with Crippen LogP contribution in [-0.4, -0.2) is 41.7 Å². The summed E-state index contributed by atoms with van der Waals surface area (Å²) in [4.78, 5) is 48.3. The van der Waals surface area contributed by atoms with Gasteiger partial charge in [-0.25, -0.2) is 0 Å². The molecule has 7 heteroatoms. The number of Topliss-reactive ketones (excluding diaryl/α,β-unsaturated/α-hetero) is 1. The predicted octanol–water partition coefficient (Wildman–Crippen LogP) is 1.61. The number of nitrogens with zero attached hydrogens (tertiary/aromatic N) is 1. The summed E-state index contributed by atoms with van der Waals surface area (Å²) in [5.41, 5.74) is 3.35. The summed E-state index contributed by atoms with van der Waals surface area (Å²) in [5.74, 6) is -2.49. The summed E-state index contributed by atoms with van der Waals surface area (Å²) in [7, 11) is 0. The molecule has 7 nitrogen and oxygen atoms in total. The molecule has 1 aliphatic rings. The van der Waals surface area contributed by atoms with Crippen LogP contribution in [0.3, 0.4) is 0 Å². The van der Waals surface area contributed by atoms with Gasteiger partial charge in [0.2, 0.25) is 5.91 Å². The zero-order valence-corrected chi connectivity index (χ0v) is 14.5. The van der Waals surface area contributed by atoms with Gasteiger partial charge in [-0.05, 0) is 12.1 Å². The monoisotopic (exact) mass is 366 g/mol. The Labute approximate surface area is 155 Å². The van der Waals surface area contributed by atoms with Gasteiger partial charge in [0.15, 0.2) is 12.4 Å². The maximum Gasteiger partial charge on any atom is 0.311 e. The molecule has 1 fully saturated rings. The van der Waals surface area contributed by atoms with Crippen molar-refractivity contribution in [3.8, 4) is 0 Å². The number of amides is 2. The van der Waals surface area contributed by atoms with E-state index in [0.717, 1.165) is 5.01 Å². The molecule has 0 aromatic heterocycles. The Morgan fingerprint density at radius 2 is 1.56 bits per heavy atom. The van der Waals surface area contributed by atoms with Gasteiger partial charge >= 0.3 is 5.97 Å². The van der Waals surface area contributed by atoms with Gasteiger partial charge in [-0.1, -0.05) is 48.5 Å². The number of carbonyl (C=O) groups is 4. The van der Waals surface area contributed by atoms with Crippen LogP contribution >= 0.6 is 0 Å². The first-order chi connectivity index (χ1) is 13.0. The van der Waals surface area contributed by atoms with Crippen molar-refractivity contribution in [3.63, 3.8) is 0 Å². The van der Waals surface area contributed by atoms with Crippen molar-refractivity contribution in [3.05, 3.63) is 71.8 Å². The highest BCUT2D eigenvalue weighted by Gasteiger charge is 2.36. The molecular weight excluding hydrogens is 348 g/mol. The number of rotatable bonds is 6. The van der Waals surface area contributed by atoms with Crippen LogP contribution in [0.1, 0.15) is 27.1 Å². The molecular formula is C20H18N2O5. The number of hydrazine groups is 1. The van der Waals surface area contributed by atoms with Crippen LogP contribution in [0.25, 0.3) is 0 Å². The van der Waals surface area contributed by atoms with Crippen LogP contribution in [0.2, 0.25) is 0 Å². The van der Waals surface area contributed by atoms with Gasteiger partial charge < -0.3 is 4.74 Å². The van der Waals surface area contributed by atoms with Gasteiger partial charge in [0, 0.05) is 17.5 Å². The molecule has 1 atom stereocenters. The Morgan fingerprint density at radius 1 is 0.963 bits per heavy atom. The van der Waals surface area contributed by atoms with E-state index in [1.165, 1.54) is 0 Å². The minimum atomic E-state index is -0.725. The van der Waals surface area contributed by atoms with Crippen LogP contribution in [0, 0.1) is 5.92 Å². The maximum atomic E-state index is 12.2. The first-order valence-corrected chi connectivity index (χ1v) is 8.46. The second kappa shape index (κ2) is 8.27. The molecule has 2 aromatic rings. The Kier molecular flexibility index (Phi) is 5.61. The normalized spacial score (nSPS) is 16.1. The molecule has 2 amide bonds. The summed E-state index contributed by atoms with van der Waals surface area (Å²) in [6.07, 6.45) is -0.0760. The lowest BCUT2D eigenvalue weighted by atomic mass is 10.1. The molecule has 0 radical (unpaired) electrons. The SMILES string of the molecule is O=C(COC(=O)C1CC(=O)N(NC(=O)c2ccccc2)C1)c1ccccc1. The first-order valence-electron chi connectivity index (χ1n) is 8.46. The predicted molar refractivity (Wildman–Crippen MR) is 95.5 cm³/mol. The summed E-state index contributed by atoms with van der Waals surface area (Å²) < 4.78 is 5.05. The first kappa shape index (κ1) is 18.3. The summed E-state index contributed by atoms with van der Waals surface area (Å²) in [6, 6.07) is 16.9. The van der Waals surface area contributed by atoms with Crippen LogP contribution in [0.5, 0.6) is 0 Å². The fourth-order valence-electron chi connectivity index (χ4n) is 2.71. The molecule has 27 heavy (non-hydrogen) atoms. The zero-order chi connectivity index (χ0) is 19.2. The van der Waals surface area contributed by atoms with Crippen molar-refractivity contribution in [1.82, 2.24) is 10.4 Å². The lowest BCUT2D eigenvalue weighted by Gasteiger charge is -2.17. The van der Waals surface area contributed by atoms with Gasteiger partial charge in [0.25, 0.3) is 5.91 Å². The van der Waals surface area contributed by atoms with Crippen LogP contribution in [0.4, 0.5) is 0 Å². The van der Waals surface area contributed by atoms with E-state index in [2.05, 4.69) is 5.43 Å². The number of esters is 1. The molecule has 1 N–H and O–H groups in total. The number of hydrogen-bond acceptors (Lipinski definition) is 5. The van der Waals surface area contributed by atoms with E-state index in [9.17, 15) is 19.2 Å². The molecule has 138 valence electrons. The molecule has 0 spiro atoms. The average Bonchev–Trinajstić information content (AvgIpc) is 3.07. The fraction of sp³-hybridized carbons (Fsp3) is 0.200. The summed E-state index contributed by atoms with van der Waals surface area (Å²) >= 11 is 0. The van der Waals surface area contributed by atoms with E-state index in [1.807, 2.05) is 0 Å². The Hall–Kier alpha value is -3.48. The average molecular weight is 366 g/mol. The second-order valence-electron chi connectivity index (χ2n) is 6.11. The Bertz CT molecular complexity index is 851. The van der Waals surface area contributed by atoms with Crippen molar-refractivity contribution in [2.75, 3.05) is 13.2 Å². The molecule has 0 bridgehead atoms. The zero-order valence-electron chi connectivity index (χ0n) is 14.5. The lowest BCUT2D eigenvalue weighted by molar-refractivity contribution is -0.147. The minimum Gasteiger partial charge on any atom is -0.457 e. The molecule has 0 saturated carbocycles. The molecule has 1 unspecified atom stereocenters. The van der Waals surface area contributed by atoms with Crippen molar-refractivity contribution in [2.24, 2.45) is 5.92 Å². The highest BCUT2D eigenvalue weighted by molar-refractivity contribution is 5.98. The number of benzene rings is 2. The van der Waals surface area contributed by atoms with E-state index in [0.29, 0.717) is 11.1 Å². The standard InChI is InChI=1S/C20H18N2O5/c23-17(14-7-3-1-4-8-14)13-27-20(26)16-11-18(24)22(12-16)21-19(25)15-9-5-2-6-10-15/h1-10,16H,11-13H2,(H,21,25). The topological polar surface area (TPSA) is 92.8 Å². The van der Waals surface area contributed by atoms with Gasteiger partial charge in [0.05, 0.1) is 12.5 Å². The molecule has 3 rings (SSSR count). The third-order valence-corrected chi connectivity index (χ3v) is 4.17. The van der Waals surface area contributed by atoms with Crippen LogP contribution in [0.15, 0.2) is 60.7 Å². The summed E-state index contributed by atoms with van der Waals surface area (Å²) in [6.45, 7) is -0.375. The number of nitrogens with one attached hydrogen (secondary N) is 1. The Morgan fingerprint density at radius 3 is 2.19 bits per heavy atom. The quantitative estimate of drug-likeness (QED) is 0.619. The maximum absolute atomic E-state index is 12.2. The lowest BCUT2D eigenvalue weighted by Crippen LogP contribution is -2.43. The smallest absolute Gasteiger partial charge is 0.311 e. The Balaban J connectivity index is 1.51.